The quantitative estimate of drug-likeness (QED) is 0.656. The first kappa shape index (κ1) is 15.0. The zero-order valence-corrected chi connectivity index (χ0v) is 11.4. The van der Waals surface area contributed by atoms with Crippen molar-refractivity contribution in [3.63, 3.8) is 0 Å². The number of benzene rings is 1. The van der Waals surface area contributed by atoms with Gasteiger partial charge in [-0.3, -0.25) is 14.9 Å². The van der Waals surface area contributed by atoms with E-state index >= 15 is 0 Å². The molecule has 1 fully saturated rings. The van der Waals surface area contributed by atoms with Crippen molar-refractivity contribution in [2.45, 2.75) is 31.7 Å². The maximum Gasteiger partial charge on any atom is 0.326 e. The highest BCUT2D eigenvalue weighted by Crippen LogP contribution is 2.20. The van der Waals surface area contributed by atoms with Crippen LogP contribution >= 0.6 is 0 Å². The minimum atomic E-state index is -0.976. The lowest BCUT2D eigenvalue weighted by Gasteiger charge is -2.21. The monoisotopic (exact) mass is 292 g/mol. The molecule has 21 heavy (non-hydrogen) atoms. The molecule has 0 unspecified atom stereocenters. The third-order valence-electron chi connectivity index (χ3n) is 3.61. The molecular formula is C14H16N2O5. The van der Waals surface area contributed by atoms with E-state index in [1.807, 2.05) is 0 Å². The Morgan fingerprint density at radius 2 is 2.19 bits per heavy atom. The van der Waals surface area contributed by atoms with Gasteiger partial charge in [-0.15, -0.1) is 0 Å². The minimum absolute atomic E-state index is 0.00969. The summed E-state index contributed by atoms with van der Waals surface area (Å²) in [6, 6.07) is 5.40. The van der Waals surface area contributed by atoms with E-state index in [4.69, 9.17) is 5.11 Å². The van der Waals surface area contributed by atoms with Crippen LogP contribution in [-0.2, 0) is 16.0 Å². The van der Waals surface area contributed by atoms with Crippen LogP contribution in [0, 0.1) is 10.1 Å². The van der Waals surface area contributed by atoms with Crippen molar-refractivity contribution < 1.29 is 19.6 Å². The number of non-ortho nitro benzene ring substituents is 1. The first-order valence-electron chi connectivity index (χ1n) is 6.74. The molecule has 1 N–H and O–H groups in total. The average Bonchev–Trinajstić information content (AvgIpc) is 2.94. The van der Waals surface area contributed by atoms with Gasteiger partial charge in [0.2, 0.25) is 5.91 Å². The van der Waals surface area contributed by atoms with Crippen molar-refractivity contribution in [1.82, 2.24) is 4.90 Å². The van der Waals surface area contributed by atoms with Gasteiger partial charge in [0, 0.05) is 25.1 Å². The van der Waals surface area contributed by atoms with E-state index in [-0.39, 0.29) is 18.0 Å². The summed E-state index contributed by atoms with van der Waals surface area (Å²) in [4.78, 5) is 34.7. The fraction of sp³-hybridized carbons (Fsp3) is 0.429. The van der Waals surface area contributed by atoms with E-state index in [1.165, 1.54) is 17.0 Å². The van der Waals surface area contributed by atoms with E-state index in [2.05, 4.69) is 0 Å². The Morgan fingerprint density at radius 1 is 1.43 bits per heavy atom. The van der Waals surface area contributed by atoms with Crippen LogP contribution in [0.15, 0.2) is 24.3 Å². The van der Waals surface area contributed by atoms with E-state index in [1.54, 1.807) is 12.1 Å². The predicted molar refractivity (Wildman–Crippen MR) is 73.8 cm³/mol. The van der Waals surface area contributed by atoms with Crippen LogP contribution in [0.2, 0.25) is 0 Å². The lowest BCUT2D eigenvalue weighted by atomic mass is 10.1. The Bertz CT molecular complexity index is 572. The summed E-state index contributed by atoms with van der Waals surface area (Å²) in [6.45, 7) is 0.463. The fourth-order valence-corrected chi connectivity index (χ4v) is 2.54. The molecule has 0 radical (unpaired) electrons. The summed E-state index contributed by atoms with van der Waals surface area (Å²) in [5.41, 5.74) is 0.688. The number of likely N-dealkylation sites (tertiary alicyclic amines) is 1. The summed E-state index contributed by atoms with van der Waals surface area (Å²) in [6.07, 6.45) is 1.70. The van der Waals surface area contributed by atoms with Crippen LogP contribution in [0.1, 0.15) is 24.8 Å². The number of carbonyl (C=O) groups is 2. The van der Waals surface area contributed by atoms with Crippen LogP contribution in [0.4, 0.5) is 5.69 Å². The number of hydrogen-bond acceptors (Lipinski definition) is 4. The largest absolute Gasteiger partial charge is 0.480 e. The van der Waals surface area contributed by atoms with Gasteiger partial charge in [0.05, 0.1) is 4.92 Å². The van der Waals surface area contributed by atoms with E-state index < -0.39 is 16.9 Å². The zero-order valence-electron chi connectivity index (χ0n) is 11.4. The second-order valence-corrected chi connectivity index (χ2v) is 5.01. The molecule has 0 spiro atoms. The van der Waals surface area contributed by atoms with Crippen molar-refractivity contribution in [1.29, 1.82) is 0 Å². The van der Waals surface area contributed by atoms with Gasteiger partial charge in [-0.2, -0.15) is 0 Å². The molecule has 0 aromatic heterocycles. The van der Waals surface area contributed by atoms with Crippen molar-refractivity contribution in [3.05, 3.63) is 39.9 Å². The van der Waals surface area contributed by atoms with E-state index in [0.29, 0.717) is 31.4 Å². The van der Waals surface area contributed by atoms with Gasteiger partial charge in [-0.25, -0.2) is 4.79 Å². The molecule has 1 aliphatic rings. The number of carbonyl (C=O) groups excluding carboxylic acids is 1. The highest BCUT2D eigenvalue weighted by molar-refractivity contribution is 5.84. The van der Waals surface area contributed by atoms with Crippen molar-refractivity contribution in [3.8, 4) is 0 Å². The molecular weight excluding hydrogens is 276 g/mol. The number of nitrogens with zero attached hydrogens (tertiary/aromatic N) is 2. The van der Waals surface area contributed by atoms with Gasteiger partial charge in [0.15, 0.2) is 0 Å². The molecule has 7 nitrogen and oxygen atoms in total. The van der Waals surface area contributed by atoms with Gasteiger partial charge in [0.1, 0.15) is 6.04 Å². The number of nitro benzene ring substituents is 1. The molecule has 1 aromatic rings. The lowest BCUT2D eigenvalue weighted by molar-refractivity contribution is -0.384. The lowest BCUT2D eigenvalue weighted by Crippen LogP contribution is -2.40. The summed E-state index contributed by atoms with van der Waals surface area (Å²) >= 11 is 0. The summed E-state index contributed by atoms with van der Waals surface area (Å²) in [7, 11) is 0. The number of hydrogen-bond donors (Lipinski definition) is 1. The van der Waals surface area contributed by atoms with Crippen LogP contribution < -0.4 is 0 Å². The molecule has 2 rings (SSSR count). The Balaban J connectivity index is 1.96. The number of amides is 1. The number of carboxylic acids is 1. The maximum atomic E-state index is 12.1. The number of aliphatic carboxylic acids is 1. The molecule has 1 atom stereocenters. The van der Waals surface area contributed by atoms with Gasteiger partial charge in [-0.1, -0.05) is 12.1 Å². The van der Waals surface area contributed by atoms with Crippen molar-refractivity contribution >= 4 is 17.6 Å². The zero-order chi connectivity index (χ0) is 15.4. The summed E-state index contributed by atoms with van der Waals surface area (Å²) < 4.78 is 0. The molecule has 1 amide bonds. The molecule has 7 heteroatoms. The molecule has 0 saturated carbocycles. The van der Waals surface area contributed by atoms with Gasteiger partial charge >= 0.3 is 5.97 Å². The van der Waals surface area contributed by atoms with Crippen LogP contribution in [0.3, 0.4) is 0 Å². The topological polar surface area (TPSA) is 101 Å². The van der Waals surface area contributed by atoms with Crippen molar-refractivity contribution in [2.75, 3.05) is 6.54 Å². The standard InChI is InChI=1S/C14H16N2O5/c17-13(15-8-2-5-12(15)14(18)19)7-6-10-3-1-4-11(9-10)16(20)21/h1,3-4,9,12H,2,5-8H2,(H,18,19)/t12-/m0/s1. The smallest absolute Gasteiger partial charge is 0.326 e. The molecule has 1 heterocycles. The molecule has 0 aliphatic carbocycles. The third kappa shape index (κ3) is 3.56. The van der Waals surface area contributed by atoms with Crippen LogP contribution in [-0.4, -0.2) is 39.4 Å². The second kappa shape index (κ2) is 6.34. The number of carboxylic acid groups (broad SMARTS) is 1. The Labute approximate surface area is 121 Å². The summed E-state index contributed by atoms with van der Waals surface area (Å²) in [5, 5.41) is 19.7. The van der Waals surface area contributed by atoms with Crippen molar-refractivity contribution in [2.24, 2.45) is 0 Å². The highest BCUT2D eigenvalue weighted by atomic mass is 16.6. The molecule has 112 valence electrons. The third-order valence-corrected chi connectivity index (χ3v) is 3.61. The number of rotatable bonds is 5. The van der Waals surface area contributed by atoms with Crippen LogP contribution in [0.25, 0.3) is 0 Å². The second-order valence-electron chi connectivity index (χ2n) is 5.01. The van der Waals surface area contributed by atoms with E-state index in [0.717, 1.165) is 0 Å². The number of nitro groups is 1. The predicted octanol–water partition coefficient (Wildman–Crippen LogP) is 1.60. The van der Waals surface area contributed by atoms with Gasteiger partial charge in [0.25, 0.3) is 5.69 Å². The highest BCUT2D eigenvalue weighted by Gasteiger charge is 2.33. The summed E-state index contributed by atoms with van der Waals surface area (Å²) in [5.74, 6) is -1.19. The van der Waals surface area contributed by atoms with Gasteiger partial charge in [-0.05, 0) is 24.8 Å². The molecule has 0 bridgehead atoms. The average molecular weight is 292 g/mol. The Kier molecular flexibility index (Phi) is 4.52. The normalized spacial score (nSPS) is 17.7. The first-order valence-corrected chi connectivity index (χ1v) is 6.74. The van der Waals surface area contributed by atoms with E-state index in [9.17, 15) is 19.7 Å². The fourth-order valence-electron chi connectivity index (χ4n) is 2.54. The Morgan fingerprint density at radius 3 is 2.86 bits per heavy atom. The SMILES string of the molecule is O=C(O)[C@@H]1CCCN1C(=O)CCc1cccc([N+](=O)[O-])c1. The molecule has 1 saturated heterocycles. The molecule has 1 aromatic carbocycles. The minimum Gasteiger partial charge on any atom is -0.480 e. The number of aryl methyl sites for hydroxylation is 1. The first-order chi connectivity index (χ1) is 9.99. The Hall–Kier alpha value is -2.44. The molecule has 1 aliphatic heterocycles. The van der Waals surface area contributed by atoms with Crippen LogP contribution in [0.5, 0.6) is 0 Å². The van der Waals surface area contributed by atoms with Gasteiger partial charge < -0.3 is 10.0 Å². The maximum absolute atomic E-state index is 12.1.